The van der Waals surface area contributed by atoms with Crippen molar-refractivity contribution < 1.29 is 0 Å². The van der Waals surface area contributed by atoms with Crippen LogP contribution in [-0.2, 0) is 7.05 Å². The quantitative estimate of drug-likeness (QED) is 0.747. The van der Waals surface area contributed by atoms with E-state index in [4.69, 9.17) is 5.73 Å². The number of anilines is 1. The zero-order valence-electron chi connectivity index (χ0n) is 9.13. The molecule has 3 aromatic rings. The second kappa shape index (κ2) is 3.59. The molecule has 0 aliphatic carbocycles. The molecule has 0 aliphatic rings. The molecule has 2 N–H and O–H groups in total. The van der Waals surface area contributed by atoms with Crippen LogP contribution in [-0.4, -0.2) is 19.3 Å². The maximum atomic E-state index is 5.93. The molecule has 5 nitrogen and oxygen atoms in total. The lowest BCUT2D eigenvalue weighted by Crippen LogP contribution is -2.02. The highest BCUT2D eigenvalue weighted by Crippen LogP contribution is 2.24. The van der Waals surface area contributed by atoms with Crippen molar-refractivity contribution in [3.05, 3.63) is 34.9 Å². The predicted octanol–water partition coefficient (Wildman–Crippen LogP) is 2.10. The highest BCUT2D eigenvalue weighted by molar-refractivity contribution is 9.10. The van der Waals surface area contributed by atoms with Gasteiger partial charge in [0, 0.05) is 23.8 Å². The van der Waals surface area contributed by atoms with Crippen LogP contribution >= 0.6 is 15.9 Å². The van der Waals surface area contributed by atoms with Crippen LogP contribution in [0.25, 0.3) is 16.9 Å². The minimum absolute atomic E-state index is 0.441. The molecule has 3 rings (SSSR count). The zero-order valence-corrected chi connectivity index (χ0v) is 10.7. The fraction of sp³-hybridized carbons (Fsp3) is 0.0909. The number of benzene rings is 1. The van der Waals surface area contributed by atoms with Crippen LogP contribution in [0.1, 0.15) is 0 Å². The summed E-state index contributed by atoms with van der Waals surface area (Å²) >= 11 is 3.42. The number of nitrogen functional groups attached to an aromatic ring is 1. The van der Waals surface area contributed by atoms with Crippen molar-refractivity contribution >= 4 is 32.9 Å². The van der Waals surface area contributed by atoms with Crippen molar-refractivity contribution in [2.75, 3.05) is 5.73 Å². The van der Waals surface area contributed by atoms with Gasteiger partial charge in [0.15, 0.2) is 5.82 Å². The van der Waals surface area contributed by atoms with E-state index in [1.165, 1.54) is 0 Å². The molecule has 0 saturated heterocycles. The van der Waals surface area contributed by atoms with Crippen molar-refractivity contribution in [2.24, 2.45) is 7.05 Å². The average Bonchev–Trinajstić information content (AvgIpc) is 2.80. The van der Waals surface area contributed by atoms with Gasteiger partial charge in [0.1, 0.15) is 0 Å². The number of nitrogens with zero attached hydrogens (tertiary/aromatic N) is 4. The molecule has 2 aromatic heterocycles. The number of hydrogen-bond acceptors (Lipinski definition) is 3. The third-order valence-corrected chi connectivity index (χ3v) is 3.06. The molecule has 0 unspecified atom stereocenters. The molecule has 6 heteroatoms. The van der Waals surface area contributed by atoms with Gasteiger partial charge in [0.05, 0.1) is 11.0 Å². The molecule has 0 aliphatic heterocycles. The molecule has 17 heavy (non-hydrogen) atoms. The Labute approximate surface area is 106 Å². The van der Waals surface area contributed by atoms with Crippen molar-refractivity contribution in [3.63, 3.8) is 0 Å². The summed E-state index contributed by atoms with van der Waals surface area (Å²) in [5.74, 6) is 1.21. The van der Waals surface area contributed by atoms with E-state index in [9.17, 15) is 0 Å². The number of aryl methyl sites for hydroxylation is 1. The maximum Gasteiger partial charge on any atom is 0.207 e. The fourth-order valence-corrected chi connectivity index (χ4v) is 2.18. The second-order valence-electron chi connectivity index (χ2n) is 3.79. The maximum absolute atomic E-state index is 5.93. The van der Waals surface area contributed by atoms with E-state index in [1.807, 2.05) is 42.1 Å². The molecule has 0 saturated carbocycles. The number of nitrogens with two attached hydrogens (primary N) is 1. The molecule has 86 valence electrons. The Kier molecular flexibility index (Phi) is 2.19. The zero-order chi connectivity index (χ0) is 12.0. The lowest BCUT2D eigenvalue weighted by atomic mass is 10.3. The van der Waals surface area contributed by atoms with Gasteiger partial charge in [-0.05, 0) is 18.2 Å². The summed E-state index contributed by atoms with van der Waals surface area (Å²) in [6.45, 7) is 0. The molecule has 0 amide bonds. The van der Waals surface area contributed by atoms with Crippen LogP contribution in [0, 0.1) is 0 Å². The van der Waals surface area contributed by atoms with Crippen molar-refractivity contribution in [1.82, 2.24) is 19.3 Å². The largest absolute Gasteiger partial charge is 0.369 e. The van der Waals surface area contributed by atoms with Crippen LogP contribution in [0.4, 0.5) is 5.95 Å². The summed E-state index contributed by atoms with van der Waals surface area (Å²) in [5.41, 5.74) is 7.73. The lowest BCUT2D eigenvalue weighted by molar-refractivity contribution is 0.754. The molecule has 1 aromatic carbocycles. The number of halogens is 1. The highest BCUT2D eigenvalue weighted by atomic mass is 79.9. The Balaban J connectivity index is 2.32. The highest BCUT2D eigenvalue weighted by Gasteiger charge is 2.11. The van der Waals surface area contributed by atoms with Gasteiger partial charge in [-0.15, -0.1) is 0 Å². The van der Waals surface area contributed by atoms with Crippen LogP contribution < -0.4 is 5.73 Å². The van der Waals surface area contributed by atoms with E-state index in [-0.39, 0.29) is 0 Å². The standard InChI is InChI=1S/C11H10BrN5/c1-16-5-4-10(15-16)17-9-3-2-7(12)6-8(9)14-11(17)13/h2-6H,1H3,(H2,13,14). The van der Waals surface area contributed by atoms with E-state index >= 15 is 0 Å². The van der Waals surface area contributed by atoms with E-state index in [1.54, 1.807) is 4.68 Å². The first-order valence-electron chi connectivity index (χ1n) is 5.08. The summed E-state index contributed by atoms with van der Waals surface area (Å²) in [5, 5.41) is 4.33. The average molecular weight is 292 g/mol. The van der Waals surface area contributed by atoms with E-state index < -0.39 is 0 Å². The Morgan fingerprint density at radius 2 is 2.12 bits per heavy atom. The number of imidazole rings is 1. The molecule has 0 atom stereocenters. The minimum atomic E-state index is 0.441. The Morgan fingerprint density at radius 3 is 2.82 bits per heavy atom. The first-order valence-corrected chi connectivity index (χ1v) is 5.88. The monoisotopic (exact) mass is 291 g/mol. The number of fused-ring (bicyclic) bond motifs is 1. The van der Waals surface area contributed by atoms with E-state index in [0.717, 1.165) is 21.3 Å². The van der Waals surface area contributed by atoms with Gasteiger partial charge in [0.2, 0.25) is 5.95 Å². The van der Waals surface area contributed by atoms with Gasteiger partial charge in [-0.1, -0.05) is 15.9 Å². The molecule has 2 heterocycles. The first-order chi connectivity index (χ1) is 8.15. The third kappa shape index (κ3) is 1.61. The molecular weight excluding hydrogens is 282 g/mol. The van der Waals surface area contributed by atoms with Crippen LogP contribution in [0.3, 0.4) is 0 Å². The summed E-state index contributed by atoms with van der Waals surface area (Å²) in [6.07, 6.45) is 1.87. The Morgan fingerprint density at radius 1 is 1.29 bits per heavy atom. The number of rotatable bonds is 1. The Hall–Kier alpha value is -1.82. The second-order valence-corrected chi connectivity index (χ2v) is 4.70. The number of hydrogen-bond donors (Lipinski definition) is 1. The summed E-state index contributed by atoms with van der Waals surface area (Å²) < 4.78 is 4.55. The van der Waals surface area contributed by atoms with Gasteiger partial charge in [0.25, 0.3) is 0 Å². The van der Waals surface area contributed by atoms with E-state index in [0.29, 0.717) is 5.95 Å². The van der Waals surface area contributed by atoms with Crippen molar-refractivity contribution in [3.8, 4) is 5.82 Å². The molecule has 0 radical (unpaired) electrons. The minimum Gasteiger partial charge on any atom is -0.369 e. The van der Waals surface area contributed by atoms with Gasteiger partial charge in [-0.2, -0.15) is 5.10 Å². The van der Waals surface area contributed by atoms with Crippen LogP contribution in [0.15, 0.2) is 34.9 Å². The predicted molar refractivity (Wildman–Crippen MR) is 69.9 cm³/mol. The molecule has 0 bridgehead atoms. The SMILES string of the molecule is Cn1ccc(-n2c(N)nc3cc(Br)ccc32)n1. The molecule has 0 spiro atoms. The van der Waals surface area contributed by atoms with Crippen molar-refractivity contribution in [2.45, 2.75) is 0 Å². The fourth-order valence-electron chi connectivity index (χ4n) is 1.83. The lowest BCUT2D eigenvalue weighted by Gasteiger charge is -2.01. The van der Waals surface area contributed by atoms with Gasteiger partial charge in [-0.3, -0.25) is 9.25 Å². The van der Waals surface area contributed by atoms with Crippen LogP contribution in [0.5, 0.6) is 0 Å². The summed E-state index contributed by atoms with van der Waals surface area (Å²) in [6, 6.07) is 7.77. The van der Waals surface area contributed by atoms with E-state index in [2.05, 4.69) is 26.0 Å². The van der Waals surface area contributed by atoms with Crippen molar-refractivity contribution in [1.29, 1.82) is 0 Å². The smallest absolute Gasteiger partial charge is 0.207 e. The van der Waals surface area contributed by atoms with Crippen LogP contribution in [0.2, 0.25) is 0 Å². The normalized spacial score (nSPS) is 11.2. The Bertz CT molecular complexity index is 697. The topological polar surface area (TPSA) is 61.7 Å². The van der Waals surface area contributed by atoms with Gasteiger partial charge < -0.3 is 5.73 Å². The third-order valence-electron chi connectivity index (χ3n) is 2.57. The van der Waals surface area contributed by atoms with Gasteiger partial charge >= 0.3 is 0 Å². The van der Waals surface area contributed by atoms with Gasteiger partial charge in [-0.25, -0.2) is 4.98 Å². The first kappa shape index (κ1) is 10.3. The summed E-state index contributed by atoms with van der Waals surface area (Å²) in [4.78, 5) is 4.32. The number of aromatic nitrogens is 4. The molecule has 0 fully saturated rings. The summed E-state index contributed by atoms with van der Waals surface area (Å²) in [7, 11) is 1.87. The molecular formula is C11H10BrN5.